The van der Waals surface area contributed by atoms with Crippen molar-refractivity contribution in [1.29, 1.82) is 0 Å². The molecule has 1 N–H and O–H groups in total. The number of aryl methyl sites for hydroxylation is 1. The molecular formula is C7H9BrN2O. The molecule has 0 aliphatic heterocycles. The summed E-state index contributed by atoms with van der Waals surface area (Å²) in [4.78, 5) is 7.88. The molecule has 0 aliphatic rings. The highest BCUT2D eigenvalue weighted by Crippen LogP contribution is 2.12. The second-order valence-electron chi connectivity index (χ2n) is 2.14. The molecule has 1 heterocycles. The van der Waals surface area contributed by atoms with E-state index in [-0.39, 0.29) is 6.61 Å². The summed E-state index contributed by atoms with van der Waals surface area (Å²) in [7, 11) is 0. The van der Waals surface area contributed by atoms with Crippen molar-refractivity contribution in [3.8, 4) is 0 Å². The van der Waals surface area contributed by atoms with Crippen molar-refractivity contribution < 1.29 is 5.11 Å². The Kier molecular flexibility index (Phi) is 3.45. The number of rotatable bonds is 3. The molecule has 0 saturated heterocycles. The van der Waals surface area contributed by atoms with E-state index in [9.17, 15) is 0 Å². The third-order valence-corrected chi connectivity index (χ3v) is 1.98. The summed E-state index contributed by atoms with van der Waals surface area (Å²) in [5, 5.41) is 8.56. The number of hydrogen-bond donors (Lipinski definition) is 1. The van der Waals surface area contributed by atoms with Gasteiger partial charge in [-0.1, -0.05) is 0 Å². The van der Waals surface area contributed by atoms with Gasteiger partial charge in [-0.2, -0.15) is 0 Å². The monoisotopic (exact) mass is 216 g/mol. The summed E-state index contributed by atoms with van der Waals surface area (Å²) >= 11 is 3.32. The average Bonchev–Trinajstić information content (AvgIpc) is 2.03. The number of halogens is 1. The molecule has 1 aromatic heterocycles. The van der Waals surface area contributed by atoms with Crippen molar-refractivity contribution in [2.45, 2.75) is 12.8 Å². The molecular weight excluding hydrogens is 208 g/mol. The number of nitrogens with zero attached hydrogens (tertiary/aromatic N) is 2. The molecule has 0 atom stereocenters. The van der Waals surface area contributed by atoms with Crippen LogP contribution in [0, 0.1) is 0 Å². The van der Waals surface area contributed by atoms with Gasteiger partial charge >= 0.3 is 0 Å². The molecule has 0 aliphatic carbocycles. The lowest BCUT2D eigenvalue weighted by Crippen LogP contribution is -1.94. The van der Waals surface area contributed by atoms with Crippen LogP contribution in [0.15, 0.2) is 17.0 Å². The van der Waals surface area contributed by atoms with Gasteiger partial charge < -0.3 is 5.11 Å². The molecule has 60 valence electrons. The van der Waals surface area contributed by atoms with E-state index in [1.165, 1.54) is 6.33 Å². The Labute approximate surface area is 73.6 Å². The first kappa shape index (κ1) is 8.62. The minimum Gasteiger partial charge on any atom is -0.396 e. The van der Waals surface area contributed by atoms with Crippen LogP contribution in [0.3, 0.4) is 0 Å². The quantitative estimate of drug-likeness (QED) is 0.826. The van der Waals surface area contributed by atoms with E-state index in [1.54, 1.807) is 6.20 Å². The van der Waals surface area contributed by atoms with Crippen molar-refractivity contribution >= 4 is 15.9 Å². The number of aromatic nitrogens is 2. The molecule has 0 spiro atoms. The van der Waals surface area contributed by atoms with Crippen molar-refractivity contribution in [2.75, 3.05) is 6.61 Å². The largest absolute Gasteiger partial charge is 0.396 e. The molecule has 1 aromatic rings. The fourth-order valence-electron chi connectivity index (χ4n) is 0.768. The maximum absolute atomic E-state index is 8.56. The zero-order valence-corrected chi connectivity index (χ0v) is 7.58. The fourth-order valence-corrected chi connectivity index (χ4v) is 1.19. The van der Waals surface area contributed by atoms with Crippen molar-refractivity contribution in [2.24, 2.45) is 0 Å². The van der Waals surface area contributed by atoms with E-state index in [0.29, 0.717) is 0 Å². The van der Waals surface area contributed by atoms with Gasteiger partial charge in [0.2, 0.25) is 0 Å². The van der Waals surface area contributed by atoms with E-state index < -0.39 is 0 Å². The minimum absolute atomic E-state index is 0.205. The maximum Gasteiger partial charge on any atom is 0.115 e. The lowest BCUT2D eigenvalue weighted by Gasteiger charge is -1.99. The zero-order chi connectivity index (χ0) is 8.10. The second-order valence-corrected chi connectivity index (χ2v) is 3.00. The summed E-state index contributed by atoms with van der Waals surface area (Å²) in [5.74, 6) is 0. The van der Waals surface area contributed by atoms with Gasteiger partial charge in [0.1, 0.15) is 6.33 Å². The third-order valence-electron chi connectivity index (χ3n) is 1.32. The number of hydrogen-bond acceptors (Lipinski definition) is 3. The van der Waals surface area contributed by atoms with E-state index in [0.717, 1.165) is 23.0 Å². The van der Waals surface area contributed by atoms with Gasteiger partial charge in [-0.05, 0) is 28.8 Å². The van der Waals surface area contributed by atoms with E-state index in [4.69, 9.17) is 5.11 Å². The van der Waals surface area contributed by atoms with E-state index >= 15 is 0 Å². The lowest BCUT2D eigenvalue weighted by atomic mass is 10.2. The van der Waals surface area contributed by atoms with E-state index in [1.807, 2.05) is 0 Å². The molecule has 3 nitrogen and oxygen atoms in total. The summed E-state index contributed by atoms with van der Waals surface area (Å²) in [6, 6.07) is 0. The Morgan fingerprint density at radius 3 is 3.00 bits per heavy atom. The van der Waals surface area contributed by atoms with Crippen molar-refractivity contribution in [1.82, 2.24) is 9.97 Å². The van der Waals surface area contributed by atoms with Crippen LogP contribution in [0.1, 0.15) is 12.1 Å². The molecule has 0 radical (unpaired) electrons. The van der Waals surface area contributed by atoms with Crippen LogP contribution in [0.25, 0.3) is 0 Å². The smallest absolute Gasteiger partial charge is 0.115 e. The Balaban J connectivity index is 2.62. The predicted octanol–water partition coefficient (Wildman–Crippen LogP) is 1.16. The van der Waals surface area contributed by atoms with Gasteiger partial charge in [0.05, 0.1) is 10.2 Å². The summed E-state index contributed by atoms with van der Waals surface area (Å²) < 4.78 is 0.911. The predicted molar refractivity (Wildman–Crippen MR) is 45.1 cm³/mol. The van der Waals surface area contributed by atoms with Crippen LogP contribution < -0.4 is 0 Å². The first-order valence-corrected chi connectivity index (χ1v) is 4.19. The molecule has 0 amide bonds. The summed E-state index contributed by atoms with van der Waals surface area (Å²) in [6.45, 7) is 0.205. The summed E-state index contributed by atoms with van der Waals surface area (Å²) in [6.07, 6.45) is 4.76. The lowest BCUT2D eigenvalue weighted by molar-refractivity contribution is 0.288. The Morgan fingerprint density at radius 2 is 2.36 bits per heavy atom. The molecule has 4 heteroatoms. The van der Waals surface area contributed by atoms with Crippen LogP contribution in [0.4, 0.5) is 0 Å². The highest BCUT2D eigenvalue weighted by Gasteiger charge is 1.98. The fraction of sp³-hybridized carbons (Fsp3) is 0.429. The number of aliphatic hydroxyl groups excluding tert-OH is 1. The molecule has 0 aromatic carbocycles. The molecule has 1 rings (SSSR count). The summed E-state index contributed by atoms with van der Waals surface area (Å²) in [5.41, 5.74) is 0.953. The zero-order valence-electron chi connectivity index (χ0n) is 6.00. The molecule has 0 unspecified atom stereocenters. The van der Waals surface area contributed by atoms with Crippen LogP contribution >= 0.6 is 15.9 Å². The topological polar surface area (TPSA) is 46.0 Å². The average molecular weight is 217 g/mol. The first-order valence-electron chi connectivity index (χ1n) is 3.40. The molecule has 0 bridgehead atoms. The highest BCUT2D eigenvalue weighted by molar-refractivity contribution is 9.10. The molecule has 11 heavy (non-hydrogen) atoms. The van der Waals surface area contributed by atoms with Crippen molar-refractivity contribution in [3.05, 3.63) is 22.7 Å². The van der Waals surface area contributed by atoms with Crippen LogP contribution in [-0.4, -0.2) is 21.7 Å². The van der Waals surface area contributed by atoms with Gasteiger partial charge in [-0.15, -0.1) is 0 Å². The van der Waals surface area contributed by atoms with Crippen LogP contribution in [-0.2, 0) is 6.42 Å². The highest BCUT2D eigenvalue weighted by atomic mass is 79.9. The molecule has 0 fully saturated rings. The van der Waals surface area contributed by atoms with Gasteiger partial charge in [0.15, 0.2) is 0 Å². The Hall–Kier alpha value is -0.480. The van der Waals surface area contributed by atoms with Gasteiger partial charge in [0.25, 0.3) is 0 Å². The normalized spacial score (nSPS) is 10.0. The standard InChI is InChI=1S/C7H9BrN2O/c8-6-4-9-5-10-7(6)2-1-3-11/h4-5,11H,1-3H2. The second kappa shape index (κ2) is 4.41. The number of aliphatic hydroxyl groups is 1. The van der Waals surface area contributed by atoms with E-state index in [2.05, 4.69) is 25.9 Å². The van der Waals surface area contributed by atoms with Crippen LogP contribution in [0.2, 0.25) is 0 Å². The molecule has 0 saturated carbocycles. The van der Waals surface area contributed by atoms with Gasteiger partial charge in [0, 0.05) is 12.8 Å². The first-order chi connectivity index (χ1) is 5.34. The van der Waals surface area contributed by atoms with Crippen molar-refractivity contribution in [3.63, 3.8) is 0 Å². The minimum atomic E-state index is 0.205. The SMILES string of the molecule is OCCCc1ncncc1Br. The Bertz CT molecular complexity index is 229. The Morgan fingerprint density at radius 1 is 1.55 bits per heavy atom. The van der Waals surface area contributed by atoms with Gasteiger partial charge in [-0.25, -0.2) is 9.97 Å². The van der Waals surface area contributed by atoms with Gasteiger partial charge in [-0.3, -0.25) is 0 Å². The third kappa shape index (κ3) is 2.55. The van der Waals surface area contributed by atoms with Crippen LogP contribution in [0.5, 0.6) is 0 Å². The maximum atomic E-state index is 8.56.